The highest BCUT2D eigenvalue weighted by Gasteiger charge is 2.23. The molecule has 10 rings (SSSR count). The molecular formula is C53H40N14O13. The van der Waals surface area contributed by atoms with Crippen molar-refractivity contribution in [2.75, 3.05) is 10.6 Å². The summed E-state index contributed by atoms with van der Waals surface area (Å²) in [6, 6.07) is 30.0. The van der Waals surface area contributed by atoms with E-state index in [1.807, 2.05) is 12.1 Å². The van der Waals surface area contributed by atoms with E-state index in [1.54, 1.807) is 73.1 Å². The summed E-state index contributed by atoms with van der Waals surface area (Å²) >= 11 is 0. The molecule has 1 aliphatic carbocycles. The Morgan fingerprint density at radius 2 is 1.15 bits per heavy atom. The Balaban J connectivity index is 0.000000158. The minimum atomic E-state index is -1.17. The van der Waals surface area contributed by atoms with Crippen LogP contribution in [0.5, 0.6) is 11.5 Å². The van der Waals surface area contributed by atoms with E-state index in [4.69, 9.17) is 19.4 Å². The molecule has 0 saturated heterocycles. The molecule has 27 nitrogen and oxygen atoms in total. The second kappa shape index (κ2) is 25.6. The molecule has 0 atom stereocenters. The van der Waals surface area contributed by atoms with Crippen LogP contribution in [0.2, 0.25) is 0 Å². The highest BCUT2D eigenvalue weighted by atomic mass is 16.5. The highest BCUT2D eigenvalue weighted by Crippen LogP contribution is 2.43. The Labute approximate surface area is 449 Å². The van der Waals surface area contributed by atoms with Crippen LogP contribution < -0.4 is 31.7 Å². The predicted octanol–water partition coefficient (Wildman–Crippen LogP) is 5.19. The van der Waals surface area contributed by atoms with Crippen LogP contribution in [-0.2, 0) is 24.0 Å². The first kappa shape index (κ1) is 54.5. The molecule has 2 amide bonds. The number of carboxylic acid groups (broad SMARTS) is 3. The normalized spacial score (nSPS) is 11.3. The van der Waals surface area contributed by atoms with Crippen LogP contribution >= 0.6 is 0 Å². The van der Waals surface area contributed by atoms with E-state index >= 15 is 0 Å². The van der Waals surface area contributed by atoms with Crippen molar-refractivity contribution in [2.45, 2.75) is 25.7 Å². The Morgan fingerprint density at radius 3 is 1.66 bits per heavy atom. The lowest BCUT2D eigenvalue weighted by atomic mass is 9.90. The number of carboxylic acids is 3. The second-order valence-corrected chi connectivity index (χ2v) is 16.4. The molecular weight excluding hydrogens is 1040 g/mol. The number of carbonyl (C=O) groups is 6. The van der Waals surface area contributed by atoms with Gasteiger partial charge in [-0.15, -0.1) is 20.4 Å². The maximum atomic E-state index is 11.8. The zero-order valence-corrected chi connectivity index (χ0v) is 41.1. The number of hydrazone groups is 2. The van der Waals surface area contributed by atoms with Gasteiger partial charge in [-0.2, -0.15) is 10.2 Å². The van der Waals surface area contributed by atoms with Gasteiger partial charge in [0.1, 0.15) is 45.6 Å². The molecule has 0 spiro atoms. The summed E-state index contributed by atoms with van der Waals surface area (Å²) in [6.07, 6.45) is 5.50. The van der Waals surface area contributed by atoms with E-state index < -0.39 is 23.8 Å². The first-order valence-corrected chi connectivity index (χ1v) is 23.4. The minimum absolute atomic E-state index is 0.0219. The number of nitrogens with one attached hydrogen (secondary N) is 4. The fraction of sp³-hybridized carbons (Fsp3) is 0.0755. The summed E-state index contributed by atoms with van der Waals surface area (Å²) in [6.45, 7) is 0.248. The molecule has 0 unspecified atom stereocenters. The van der Waals surface area contributed by atoms with Gasteiger partial charge < -0.3 is 40.2 Å². The molecule has 8 N–H and O–H groups in total. The number of carbonyl (C=O) groups excluding carboxylic acids is 3. The van der Waals surface area contributed by atoms with Crippen LogP contribution in [0.3, 0.4) is 0 Å². The van der Waals surface area contributed by atoms with Gasteiger partial charge in [0.2, 0.25) is 23.5 Å². The van der Waals surface area contributed by atoms with Gasteiger partial charge in [0, 0.05) is 59.4 Å². The number of hydrogen-bond acceptors (Lipinski definition) is 22. The van der Waals surface area contributed by atoms with Gasteiger partial charge in [0.25, 0.3) is 6.47 Å². The third kappa shape index (κ3) is 14.3. The van der Waals surface area contributed by atoms with Gasteiger partial charge in [-0.25, -0.2) is 4.79 Å². The third-order valence-electron chi connectivity index (χ3n) is 10.9. The van der Waals surface area contributed by atoms with Gasteiger partial charge >= 0.3 is 17.9 Å². The maximum Gasteiger partial charge on any atom is 0.336 e. The number of phenols is 1. The van der Waals surface area contributed by atoms with Gasteiger partial charge in [0.15, 0.2) is 17.1 Å². The first-order chi connectivity index (χ1) is 38.7. The number of ether oxygens (including phenoxy) is 1. The second-order valence-electron chi connectivity index (χ2n) is 16.4. The molecule has 27 heteroatoms. The molecule has 80 heavy (non-hydrogen) atoms. The topological polar surface area (TPSA) is 399 Å². The van der Waals surface area contributed by atoms with Crippen LogP contribution in [-0.4, -0.2) is 109 Å². The molecule has 7 heterocycles. The molecule has 7 aromatic rings. The quantitative estimate of drug-likeness (QED) is 0.0455. The number of rotatable bonds is 16. The Bertz CT molecular complexity index is 3830. The summed E-state index contributed by atoms with van der Waals surface area (Å²) in [5.41, 5.74) is 9.89. The fourth-order valence-corrected chi connectivity index (χ4v) is 7.22. The Morgan fingerprint density at radius 1 is 0.588 bits per heavy atom. The number of amidine groups is 2. The van der Waals surface area contributed by atoms with Crippen LogP contribution in [0.25, 0.3) is 56.5 Å². The minimum Gasteiger partial charge on any atom is -0.508 e. The molecule has 5 aromatic heterocycles. The summed E-state index contributed by atoms with van der Waals surface area (Å²) in [5.74, 6) is -2.23. The molecule has 400 valence electrons. The number of aromatic carboxylic acids is 1. The van der Waals surface area contributed by atoms with E-state index in [9.17, 15) is 43.8 Å². The zero-order valence-electron chi connectivity index (χ0n) is 41.1. The maximum absolute atomic E-state index is 11.8. The van der Waals surface area contributed by atoms with Gasteiger partial charge in [-0.05, 0) is 91.0 Å². The van der Waals surface area contributed by atoms with Crippen molar-refractivity contribution < 1.29 is 58.3 Å². The number of benzene rings is 3. The summed E-state index contributed by atoms with van der Waals surface area (Å²) < 4.78 is 10.6. The summed E-state index contributed by atoms with van der Waals surface area (Å²) in [7, 11) is 0. The van der Waals surface area contributed by atoms with Gasteiger partial charge in [0.05, 0.1) is 42.2 Å². The molecule has 2 aromatic carbocycles. The van der Waals surface area contributed by atoms with E-state index in [0.717, 1.165) is 0 Å². The number of anilines is 2. The van der Waals surface area contributed by atoms with Crippen molar-refractivity contribution in [1.29, 1.82) is 0 Å². The van der Waals surface area contributed by atoms with Crippen LogP contribution in [0.4, 0.5) is 11.4 Å². The number of phenolic OH excluding ortho intramolecular Hbond substituents is 1. The molecule has 3 aliphatic rings. The van der Waals surface area contributed by atoms with Gasteiger partial charge in [-0.3, -0.25) is 59.6 Å². The zero-order chi connectivity index (χ0) is 56.5. The van der Waals surface area contributed by atoms with Crippen molar-refractivity contribution in [1.82, 2.24) is 51.2 Å². The predicted molar refractivity (Wildman–Crippen MR) is 283 cm³/mol. The fourth-order valence-electron chi connectivity index (χ4n) is 7.22. The molecule has 0 bridgehead atoms. The van der Waals surface area contributed by atoms with Crippen molar-refractivity contribution in [3.63, 3.8) is 0 Å². The lowest BCUT2D eigenvalue weighted by molar-refractivity contribution is -0.138. The molecule has 0 radical (unpaired) electrons. The van der Waals surface area contributed by atoms with Gasteiger partial charge in [-0.1, -0.05) is 12.1 Å². The average molecular weight is 1080 g/mol. The van der Waals surface area contributed by atoms with Crippen LogP contribution in [0.15, 0.2) is 159 Å². The number of aliphatic carboxylic acids is 2. The summed E-state index contributed by atoms with van der Waals surface area (Å²) in [4.78, 5) is 95.1. The number of nitrogens with zero attached hydrogens (tertiary/aromatic N) is 10. The smallest absolute Gasteiger partial charge is 0.336 e. The van der Waals surface area contributed by atoms with E-state index in [-0.39, 0.29) is 83.3 Å². The lowest BCUT2D eigenvalue weighted by Crippen LogP contribution is -2.35. The van der Waals surface area contributed by atoms with Crippen LogP contribution in [0, 0.1) is 0 Å². The first-order valence-electron chi connectivity index (χ1n) is 23.4. The van der Waals surface area contributed by atoms with Crippen LogP contribution in [0.1, 0.15) is 47.4 Å². The summed E-state index contributed by atoms with van der Waals surface area (Å²) in [5, 5.41) is 66.5. The van der Waals surface area contributed by atoms with E-state index in [1.165, 1.54) is 54.9 Å². The van der Waals surface area contributed by atoms with E-state index in [0.29, 0.717) is 68.2 Å². The number of amides is 2. The third-order valence-corrected chi connectivity index (χ3v) is 10.9. The monoisotopic (exact) mass is 1080 g/mol. The Hall–Kier alpha value is -11.8. The molecule has 0 saturated carbocycles. The average Bonchev–Trinajstić information content (AvgIpc) is 3.47. The van der Waals surface area contributed by atoms with Crippen molar-refractivity contribution in [3.05, 3.63) is 167 Å². The number of fused-ring (bicyclic) bond motifs is 2. The number of hydrogen-bond donors (Lipinski definition) is 8. The van der Waals surface area contributed by atoms with Crippen molar-refractivity contribution in [3.8, 4) is 57.0 Å². The Kier molecular flexibility index (Phi) is 17.5. The van der Waals surface area contributed by atoms with Crippen molar-refractivity contribution >= 4 is 70.2 Å². The highest BCUT2D eigenvalue weighted by molar-refractivity contribution is 6.08. The molecule has 0 fully saturated rings. The van der Waals surface area contributed by atoms with E-state index in [2.05, 4.69) is 72.0 Å². The number of aromatic hydroxyl groups is 1. The standard InChI is InChI=1S/C21H12O7.C16H15N7O3.C16H13N7O3/c22-10-27-13-3-6-14(21(25)26)17(9-13)20-15-4-1-11(23)7-18(15)28-19-8-12(24)2-5-16(19)20;2*24-13(6-7-14(25)26)19-10-4-5-12(18-9-10)16-22-20-15(21-23-16)11-3-1-2-8-17-11/h1-10,23H,(H,25,26);1-5,8-9H,6-7H2,(H,19,24)(H,20,21)(H,22,23)(H,25,26);1-5,8-9H,6-7H2,(H,19,24)(H,25,26). The lowest BCUT2D eigenvalue weighted by Gasteiger charge is -2.17. The van der Waals surface area contributed by atoms with Crippen molar-refractivity contribution in [2.24, 2.45) is 10.2 Å². The largest absolute Gasteiger partial charge is 0.508 e. The number of aromatic nitrogens is 8. The molecule has 2 aliphatic heterocycles. The SMILES string of the molecule is O=C(O)CCC(=O)Nc1ccc(-c2nnc(-c3ccccn3)nn2)nc1.O=C(O)CCC(=O)Nc1ccc(C2=NNC(c3ccccn3)=NN2)nc1.O=COc1ccc(C(=O)O)c(-c2c3ccc(=O)cc-3oc3cc(O)ccc23)c1. The number of pyridine rings is 4.